The van der Waals surface area contributed by atoms with Gasteiger partial charge < -0.3 is 14.5 Å². The molecule has 6 heteroatoms. The highest BCUT2D eigenvalue weighted by Gasteiger charge is 2.16. The molecule has 0 atom stereocenters. The Balaban J connectivity index is 1.26. The summed E-state index contributed by atoms with van der Waals surface area (Å²) in [6.45, 7) is 0. The lowest BCUT2D eigenvalue weighted by atomic mass is 10.0. The van der Waals surface area contributed by atoms with Crippen LogP contribution in [0.3, 0.4) is 0 Å². The average molecular weight is 475 g/mol. The highest BCUT2D eigenvalue weighted by Crippen LogP contribution is 2.31. The van der Waals surface area contributed by atoms with E-state index in [1.54, 1.807) is 30.9 Å². The molecule has 0 saturated carbocycles. The number of aromatic amines is 1. The standard InChI is InChI=1S/C27H20Cl2N2O2/c28-21-11-12-22(23(29)14-21)24-15-30-27(31-24)13-8-18-6-9-20(10-7-18)26-17-32-16-25(33-26)19-4-2-1-3-5-19/h1-2,4,6-17H,3,5H2,(H,30,31). The van der Waals surface area contributed by atoms with E-state index in [1.165, 1.54) is 0 Å². The van der Waals surface area contributed by atoms with Gasteiger partial charge in [-0.1, -0.05) is 71.8 Å². The van der Waals surface area contributed by atoms with Crippen molar-refractivity contribution < 1.29 is 9.47 Å². The van der Waals surface area contributed by atoms with Crippen LogP contribution >= 0.6 is 23.2 Å². The van der Waals surface area contributed by atoms with Gasteiger partial charge in [-0.15, -0.1) is 0 Å². The molecule has 1 aliphatic carbocycles. The second-order valence-corrected chi connectivity index (χ2v) is 8.47. The van der Waals surface area contributed by atoms with Gasteiger partial charge in [-0.05, 0) is 48.3 Å². The molecule has 1 aliphatic heterocycles. The number of ether oxygens (including phenoxy) is 2. The van der Waals surface area contributed by atoms with E-state index in [1.807, 2.05) is 48.6 Å². The van der Waals surface area contributed by atoms with Gasteiger partial charge in [-0.3, -0.25) is 0 Å². The number of aromatic nitrogens is 2. The molecule has 0 amide bonds. The molecule has 0 spiro atoms. The van der Waals surface area contributed by atoms with E-state index < -0.39 is 0 Å². The summed E-state index contributed by atoms with van der Waals surface area (Å²) in [5.41, 5.74) is 4.81. The van der Waals surface area contributed by atoms with Gasteiger partial charge in [0.25, 0.3) is 0 Å². The van der Waals surface area contributed by atoms with Crippen LogP contribution in [0, 0.1) is 0 Å². The molecule has 0 fully saturated rings. The number of H-pyrrole nitrogens is 1. The van der Waals surface area contributed by atoms with Gasteiger partial charge in [0.15, 0.2) is 11.5 Å². The number of nitrogens with zero attached hydrogens (tertiary/aromatic N) is 1. The maximum absolute atomic E-state index is 6.29. The Hall–Kier alpha value is -3.47. The molecular formula is C27H20Cl2N2O2. The lowest BCUT2D eigenvalue weighted by Gasteiger charge is -2.19. The number of benzene rings is 2. The summed E-state index contributed by atoms with van der Waals surface area (Å²) in [5.74, 6) is 2.18. The molecule has 2 heterocycles. The molecular weight excluding hydrogens is 455 g/mol. The summed E-state index contributed by atoms with van der Waals surface area (Å²) in [5, 5.41) is 1.18. The Morgan fingerprint density at radius 3 is 2.61 bits per heavy atom. The quantitative estimate of drug-likeness (QED) is 0.407. The van der Waals surface area contributed by atoms with Crippen molar-refractivity contribution in [1.82, 2.24) is 9.97 Å². The van der Waals surface area contributed by atoms with Crippen LogP contribution in [0.5, 0.6) is 0 Å². The first-order valence-electron chi connectivity index (χ1n) is 10.5. The third-order valence-electron chi connectivity index (χ3n) is 5.35. The normalized spacial score (nSPS) is 15.5. The molecule has 164 valence electrons. The molecule has 1 aromatic heterocycles. The predicted octanol–water partition coefficient (Wildman–Crippen LogP) is 8.02. The zero-order chi connectivity index (χ0) is 22.6. The van der Waals surface area contributed by atoms with E-state index >= 15 is 0 Å². The summed E-state index contributed by atoms with van der Waals surface area (Å²) in [6.07, 6.45) is 17.2. The van der Waals surface area contributed by atoms with Crippen LogP contribution in [0.25, 0.3) is 29.2 Å². The van der Waals surface area contributed by atoms with Gasteiger partial charge in [-0.25, -0.2) is 4.98 Å². The van der Waals surface area contributed by atoms with Gasteiger partial charge in [0.1, 0.15) is 18.3 Å². The third kappa shape index (κ3) is 4.98. The molecule has 0 radical (unpaired) electrons. The van der Waals surface area contributed by atoms with Gasteiger partial charge in [-0.2, -0.15) is 0 Å². The van der Waals surface area contributed by atoms with Crippen molar-refractivity contribution in [3.8, 4) is 11.3 Å². The minimum Gasteiger partial charge on any atom is -0.465 e. The maximum atomic E-state index is 6.29. The SMILES string of the molecule is Clc1ccc(-c2cnc(C=Cc3ccc(C4=COC=C(C5=CC=CCC5)O4)cc3)[nH]2)c(Cl)c1. The van der Waals surface area contributed by atoms with Crippen molar-refractivity contribution in [2.24, 2.45) is 0 Å². The summed E-state index contributed by atoms with van der Waals surface area (Å²) < 4.78 is 11.6. The predicted molar refractivity (Wildman–Crippen MR) is 134 cm³/mol. The molecule has 4 nitrogen and oxygen atoms in total. The number of allylic oxidation sites excluding steroid dienone is 4. The van der Waals surface area contributed by atoms with E-state index in [-0.39, 0.29) is 0 Å². The fraction of sp³-hybridized carbons (Fsp3) is 0.0741. The molecule has 2 aromatic carbocycles. The second-order valence-electron chi connectivity index (χ2n) is 7.62. The Kier molecular flexibility index (Phi) is 6.20. The number of halogens is 2. The third-order valence-corrected chi connectivity index (χ3v) is 5.89. The van der Waals surface area contributed by atoms with Crippen LogP contribution in [0.2, 0.25) is 10.0 Å². The molecule has 3 aromatic rings. The van der Waals surface area contributed by atoms with Crippen molar-refractivity contribution in [3.63, 3.8) is 0 Å². The molecule has 0 saturated heterocycles. The number of hydrogen-bond donors (Lipinski definition) is 1. The fourth-order valence-electron chi connectivity index (χ4n) is 3.60. The molecule has 5 rings (SSSR count). The summed E-state index contributed by atoms with van der Waals surface area (Å²) in [6, 6.07) is 13.5. The van der Waals surface area contributed by atoms with Gasteiger partial charge >= 0.3 is 0 Å². The van der Waals surface area contributed by atoms with E-state index in [9.17, 15) is 0 Å². The first-order chi connectivity index (χ1) is 16.2. The highest BCUT2D eigenvalue weighted by atomic mass is 35.5. The van der Waals surface area contributed by atoms with Gasteiger partial charge in [0, 0.05) is 16.1 Å². The largest absolute Gasteiger partial charge is 0.465 e. The molecule has 0 bridgehead atoms. The maximum Gasteiger partial charge on any atom is 0.169 e. The first-order valence-corrected chi connectivity index (χ1v) is 11.3. The number of hydrogen-bond acceptors (Lipinski definition) is 3. The topological polar surface area (TPSA) is 47.1 Å². The van der Waals surface area contributed by atoms with Crippen LogP contribution in [0.4, 0.5) is 0 Å². The lowest BCUT2D eigenvalue weighted by molar-refractivity contribution is 0.285. The summed E-state index contributed by atoms with van der Waals surface area (Å²) >= 11 is 12.3. The van der Waals surface area contributed by atoms with Gasteiger partial charge in [0.2, 0.25) is 0 Å². The monoisotopic (exact) mass is 474 g/mol. The zero-order valence-corrected chi connectivity index (χ0v) is 19.1. The minimum atomic E-state index is 0.578. The number of nitrogens with one attached hydrogen (secondary N) is 1. The zero-order valence-electron chi connectivity index (χ0n) is 17.6. The Morgan fingerprint density at radius 1 is 0.970 bits per heavy atom. The van der Waals surface area contributed by atoms with Gasteiger partial charge in [0.05, 0.1) is 16.9 Å². The Labute approximate surface area is 202 Å². The molecule has 2 aliphatic rings. The second kappa shape index (κ2) is 9.57. The summed E-state index contributed by atoms with van der Waals surface area (Å²) in [7, 11) is 0. The van der Waals surface area contributed by atoms with Crippen LogP contribution in [0.1, 0.15) is 29.8 Å². The van der Waals surface area contributed by atoms with E-state index in [2.05, 4.69) is 22.1 Å². The fourth-order valence-corrected chi connectivity index (χ4v) is 4.11. The van der Waals surface area contributed by atoms with Crippen LogP contribution in [-0.2, 0) is 9.47 Å². The van der Waals surface area contributed by atoms with Crippen LogP contribution in [0.15, 0.2) is 90.7 Å². The highest BCUT2D eigenvalue weighted by molar-refractivity contribution is 6.36. The van der Waals surface area contributed by atoms with Crippen molar-refractivity contribution >= 4 is 41.1 Å². The molecule has 0 unspecified atom stereocenters. The minimum absolute atomic E-state index is 0.578. The molecule has 33 heavy (non-hydrogen) atoms. The Bertz CT molecular complexity index is 1330. The number of rotatable bonds is 5. The van der Waals surface area contributed by atoms with Crippen molar-refractivity contribution in [3.05, 3.63) is 118 Å². The lowest BCUT2D eigenvalue weighted by Crippen LogP contribution is -2.03. The van der Waals surface area contributed by atoms with Crippen molar-refractivity contribution in [1.29, 1.82) is 0 Å². The van der Waals surface area contributed by atoms with Crippen LogP contribution < -0.4 is 0 Å². The van der Waals surface area contributed by atoms with E-state index in [0.717, 1.165) is 52.4 Å². The van der Waals surface area contributed by atoms with Crippen molar-refractivity contribution in [2.45, 2.75) is 12.8 Å². The van der Waals surface area contributed by atoms with Crippen LogP contribution in [-0.4, -0.2) is 9.97 Å². The summed E-state index contributed by atoms with van der Waals surface area (Å²) in [4.78, 5) is 7.69. The Morgan fingerprint density at radius 2 is 1.82 bits per heavy atom. The first kappa shape index (κ1) is 21.4. The average Bonchev–Trinajstić information content (AvgIpc) is 3.32. The smallest absolute Gasteiger partial charge is 0.169 e. The van der Waals surface area contributed by atoms with Crippen molar-refractivity contribution in [2.75, 3.05) is 0 Å². The van der Waals surface area contributed by atoms with E-state index in [4.69, 9.17) is 32.7 Å². The van der Waals surface area contributed by atoms with E-state index in [0.29, 0.717) is 15.8 Å². The molecule has 1 N–H and O–H groups in total. The number of imidazole rings is 1.